The molecule has 2 N–H and O–H groups in total. The molecule has 0 fully saturated rings. The topological polar surface area (TPSA) is 71.7 Å². The van der Waals surface area contributed by atoms with Crippen LogP contribution in [-0.2, 0) is 13.1 Å². The van der Waals surface area contributed by atoms with Gasteiger partial charge in [-0.15, -0.1) is 24.0 Å². The van der Waals surface area contributed by atoms with E-state index < -0.39 is 0 Å². The lowest BCUT2D eigenvalue weighted by Gasteiger charge is -2.11. The Hall–Kier alpha value is -2.55. The van der Waals surface area contributed by atoms with E-state index in [1.54, 1.807) is 14.2 Å². The van der Waals surface area contributed by atoms with Crippen molar-refractivity contribution in [2.45, 2.75) is 13.1 Å². The molecule has 0 aliphatic carbocycles. The van der Waals surface area contributed by atoms with Gasteiger partial charge in [0.05, 0.1) is 13.7 Å². The smallest absolute Gasteiger partial charge is 0.191 e. The number of hydrogen-bond donors (Lipinski definition) is 2. The van der Waals surface area contributed by atoms with Crippen LogP contribution in [0.15, 0.2) is 70.2 Å². The zero-order chi connectivity index (χ0) is 18.2. The Labute approximate surface area is 176 Å². The summed E-state index contributed by atoms with van der Waals surface area (Å²) in [4.78, 5) is 4.23. The predicted molar refractivity (Wildman–Crippen MR) is 117 cm³/mol. The number of benzene rings is 2. The Kier molecular flexibility index (Phi) is 8.12. The first-order chi connectivity index (χ1) is 12.8. The fraction of sp³-hybridized carbons (Fsp3) is 0.200. The van der Waals surface area contributed by atoms with Gasteiger partial charge in [0, 0.05) is 25.2 Å². The van der Waals surface area contributed by atoms with E-state index in [0.29, 0.717) is 19.0 Å². The third-order valence-corrected chi connectivity index (χ3v) is 3.90. The fourth-order valence-corrected chi connectivity index (χ4v) is 2.46. The fourth-order valence-electron chi connectivity index (χ4n) is 2.46. The average molecular weight is 478 g/mol. The van der Waals surface area contributed by atoms with Gasteiger partial charge in [0.1, 0.15) is 11.4 Å². The number of aliphatic imine (C=N–C) groups is 1. The van der Waals surface area contributed by atoms with Crippen LogP contribution in [0.4, 0.5) is 0 Å². The van der Waals surface area contributed by atoms with Crippen LogP contribution >= 0.6 is 24.0 Å². The number of ether oxygens (including phenoxy) is 1. The summed E-state index contributed by atoms with van der Waals surface area (Å²) >= 11 is 0. The maximum Gasteiger partial charge on any atom is 0.191 e. The second-order valence-electron chi connectivity index (χ2n) is 5.68. The molecule has 0 saturated carbocycles. The van der Waals surface area contributed by atoms with Gasteiger partial charge in [-0.3, -0.25) is 4.99 Å². The summed E-state index contributed by atoms with van der Waals surface area (Å²) in [6.07, 6.45) is 0. The molecule has 27 heavy (non-hydrogen) atoms. The molecular weight excluding hydrogens is 455 g/mol. The number of nitrogens with zero attached hydrogens (tertiary/aromatic N) is 2. The van der Waals surface area contributed by atoms with Crippen molar-refractivity contribution in [1.29, 1.82) is 0 Å². The molecule has 3 rings (SSSR count). The lowest BCUT2D eigenvalue weighted by molar-refractivity contribution is 0.414. The van der Waals surface area contributed by atoms with Gasteiger partial charge in [-0.05, 0) is 17.7 Å². The van der Waals surface area contributed by atoms with E-state index in [9.17, 15) is 0 Å². The minimum atomic E-state index is 0. The second kappa shape index (κ2) is 10.6. The van der Waals surface area contributed by atoms with Crippen molar-refractivity contribution in [3.8, 4) is 17.1 Å². The van der Waals surface area contributed by atoms with Gasteiger partial charge >= 0.3 is 0 Å². The Balaban J connectivity index is 0.00000261. The maximum absolute atomic E-state index is 5.41. The summed E-state index contributed by atoms with van der Waals surface area (Å²) in [6, 6.07) is 19.7. The van der Waals surface area contributed by atoms with E-state index in [2.05, 4.69) is 20.8 Å². The first-order valence-electron chi connectivity index (χ1n) is 8.37. The summed E-state index contributed by atoms with van der Waals surface area (Å²) in [7, 11) is 3.40. The minimum Gasteiger partial charge on any atom is -0.497 e. The van der Waals surface area contributed by atoms with E-state index in [1.165, 1.54) is 0 Å². The summed E-state index contributed by atoms with van der Waals surface area (Å²) < 4.78 is 10.6. The molecule has 2 aromatic carbocycles. The molecule has 0 spiro atoms. The highest BCUT2D eigenvalue weighted by Gasteiger charge is 2.07. The third kappa shape index (κ3) is 5.99. The average Bonchev–Trinajstić information content (AvgIpc) is 3.18. The van der Waals surface area contributed by atoms with Crippen LogP contribution in [0.2, 0.25) is 0 Å². The van der Waals surface area contributed by atoms with Gasteiger partial charge in [0.15, 0.2) is 11.7 Å². The molecule has 0 radical (unpaired) electrons. The molecule has 1 aromatic heterocycles. The van der Waals surface area contributed by atoms with Gasteiger partial charge < -0.3 is 19.9 Å². The lowest BCUT2D eigenvalue weighted by Crippen LogP contribution is -2.36. The number of aromatic nitrogens is 1. The zero-order valence-corrected chi connectivity index (χ0v) is 17.6. The van der Waals surface area contributed by atoms with E-state index in [4.69, 9.17) is 9.26 Å². The van der Waals surface area contributed by atoms with Crippen LogP contribution in [0, 0.1) is 0 Å². The van der Waals surface area contributed by atoms with Crippen LogP contribution in [0.1, 0.15) is 11.3 Å². The number of guanidine groups is 1. The van der Waals surface area contributed by atoms with Crippen molar-refractivity contribution in [1.82, 2.24) is 15.8 Å². The molecule has 142 valence electrons. The molecule has 0 unspecified atom stereocenters. The predicted octanol–water partition coefficient (Wildman–Crippen LogP) is 3.83. The van der Waals surface area contributed by atoms with E-state index in [1.807, 2.05) is 60.7 Å². The summed E-state index contributed by atoms with van der Waals surface area (Å²) in [5.41, 5.74) is 2.96. The quantitative estimate of drug-likeness (QED) is 0.320. The Morgan fingerprint density at radius 2 is 1.74 bits per heavy atom. The summed E-state index contributed by atoms with van der Waals surface area (Å²) in [5, 5.41) is 10.6. The van der Waals surface area contributed by atoms with Crippen LogP contribution in [0.3, 0.4) is 0 Å². The molecular formula is C20H23IN4O2. The van der Waals surface area contributed by atoms with Crippen molar-refractivity contribution in [3.05, 3.63) is 71.9 Å². The standard InChI is InChI=1S/C20H22N4O2.HI/c1-21-20(22-13-15-8-10-18(25-2)11-9-15)23-14-17-12-19(26-24-17)16-6-4-3-5-7-16;/h3-12H,13-14H2,1-2H3,(H2,21,22,23);1H. The second-order valence-corrected chi connectivity index (χ2v) is 5.68. The molecule has 0 aliphatic heterocycles. The number of methoxy groups -OCH3 is 1. The largest absolute Gasteiger partial charge is 0.497 e. The highest BCUT2D eigenvalue weighted by molar-refractivity contribution is 14.0. The zero-order valence-electron chi connectivity index (χ0n) is 15.3. The van der Waals surface area contributed by atoms with Gasteiger partial charge in [0.2, 0.25) is 0 Å². The maximum atomic E-state index is 5.41. The molecule has 0 saturated heterocycles. The molecule has 3 aromatic rings. The Morgan fingerprint density at radius 1 is 1.04 bits per heavy atom. The highest BCUT2D eigenvalue weighted by atomic mass is 127. The molecule has 1 heterocycles. The SMILES string of the molecule is CN=C(NCc1ccc(OC)cc1)NCc1cc(-c2ccccc2)on1.I. The monoisotopic (exact) mass is 478 g/mol. The normalized spacial score (nSPS) is 10.8. The molecule has 6 nitrogen and oxygen atoms in total. The molecule has 7 heteroatoms. The van der Waals surface area contributed by atoms with Crippen LogP contribution in [-0.4, -0.2) is 25.3 Å². The van der Waals surface area contributed by atoms with E-state index in [0.717, 1.165) is 28.3 Å². The van der Waals surface area contributed by atoms with Crippen molar-refractivity contribution in [2.75, 3.05) is 14.2 Å². The number of halogens is 1. The van der Waals surface area contributed by atoms with Crippen molar-refractivity contribution >= 4 is 29.9 Å². The number of rotatable bonds is 6. The van der Waals surface area contributed by atoms with Crippen LogP contribution in [0.5, 0.6) is 5.75 Å². The third-order valence-electron chi connectivity index (χ3n) is 3.90. The number of nitrogens with one attached hydrogen (secondary N) is 2. The number of hydrogen-bond acceptors (Lipinski definition) is 4. The van der Waals surface area contributed by atoms with Gasteiger partial charge in [-0.2, -0.15) is 0 Å². The van der Waals surface area contributed by atoms with Crippen molar-refractivity contribution in [2.24, 2.45) is 4.99 Å². The molecule has 0 atom stereocenters. The highest BCUT2D eigenvalue weighted by Crippen LogP contribution is 2.19. The first kappa shape index (κ1) is 20.8. The molecule has 0 amide bonds. The van der Waals surface area contributed by atoms with Crippen molar-refractivity contribution < 1.29 is 9.26 Å². The molecule has 0 bridgehead atoms. The first-order valence-corrected chi connectivity index (χ1v) is 8.37. The van der Waals surface area contributed by atoms with Gasteiger partial charge in [-0.25, -0.2) is 0 Å². The lowest BCUT2D eigenvalue weighted by atomic mass is 10.2. The summed E-state index contributed by atoms with van der Waals surface area (Å²) in [5.74, 6) is 2.30. The Morgan fingerprint density at radius 3 is 2.41 bits per heavy atom. The molecule has 0 aliphatic rings. The van der Waals surface area contributed by atoms with Crippen LogP contribution in [0.25, 0.3) is 11.3 Å². The van der Waals surface area contributed by atoms with E-state index >= 15 is 0 Å². The van der Waals surface area contributed by atoms with Gasteiger partial charge in [-0.1, -0.05) is 47.6 Å². The Bertz CT molecular complexity index is 848. The minimum absolute atomic E-state index is 0. The summed E-state index contributed by atoms with van der Waals surface area (Å²) in [6.45, 7) is 1.19. The van der Waals surface area contributed by atoms with E-state index in [-0.39, 0.29) is 24.0 Å². The van der Waals surface area contributed by atoms with Gasteiger partial charge in [0.25, 0.3) is 0 Å². The van der Waals surface area contributed by atoms with Crippen molar-refractivity contribution in [3.63, 3.8) is 0 Å². The van der Waals surface area contributed by atoms with Crippen LogP contribution < -0.4 is 15.4 Å².